The van der Waals surface area contributed by atoms with E-state index in [9.17, 15) is 9.18 Å². The van der Waals surface area contributed by atoms with Crippen molar-refractivity contribution in [2.75, 3.05) is 13.1 Å². The topological polar surface area (TPSA) is 50.2 Å². The lowest BCUT2D eigenvalue weighted by Gasteiger charge is -2.36. The molecule has 1 saturated heterocycles. The Morgan fingerprint density at radius 2 is 1.77 bits per heavy atom. The van der Waals surface area contributed by atoms with Crippen LogP contribution in [0.1, 0.15) is 75.2 Å². The maximum atomic E-state index is 13.5. The lowest BCUT2D eigenvalue weighted by Crippen LogP contribution is -2.48. The van der Waals surface area contributed by atoms with Crippen LogP contribution in [0.4, 0.5) is 9.18 Å². The van der Waals surface area contributed by atoms with E-state index in [1.165, 1.54) is 46.5 Å². The normalized spacial score (nSPS) is 25.3. The van der Waals surface area contributed by atoms with Crippen LogP contribution < -0.4 is 5.32 Å². The summed E-state index contributed by atoms with van der Waals surface area (Å²) in [5.41, 5.74) is 7.61. The molecule has 6 heteroatoms. The smallest absolute Gasteiger partial charge is 0.317 e. The maximum Gasteiger partial charge on any atom is 0.317 e. The van der Waals surface area contributed by atoms with Crippen LogP contribution in [0.3, 0.4) is 0 Å². The van der Waals surface area contributed by atoms with Crippen molar-refractivity contribution in [2.24, 2.45) is 17.8 Å². The van der Waals surface area contributed by atoms with E-state index in [0.717, 1.165) is 44.5 Å². The van der Waals surface area contributed by atoms with Gasteiger partial charge in [0, 0.05) is 31.0 Å². The van der Waals surface area contributed by atoms with Crippen LogP contribution >= 0.6 is 0 Å². The fourth-order valence-corrected chi connectivity index (χ4v) is 7.45. The summed E-state index contributed by atoms with van der Waals surface area (Å²) in [5.74, 6) is 1.53. The quantitative estimate of drug-likeness (QED) is 0.358. The second kappa shape index (κ2) is 10.6. The second-order valence-electron chi connectivity index (χ2n) is 12.1. The number of carbonyl (C=O) groups excluding carboxylic acids is 1. The van der Waals surface area contributed by atoms with E-state index in [-0.39, 0.29) is 23.8 Å². The highest BCUT2D eigenvalue weighted by atomic mass is 19.1. The van der Waals surface area contributed by atoms with Crippen molar-refractivity contribution in [3.63, 3.8) is 0 Å². The van der Waals surface area contributed by atoms with E-state index in [0.29, 0.717) is 17.8 Å². The minimum Gasteiger partial charge on any atom is -0.331 e. The molecule has 1 aromatic heterocycles. The van der Waals surface area contributed by atoms with Crippen LogP contribution in [-0.4, -0.2) is 33.8 Å². The molecule has 3 unspecified atom stereocenters. The van der Waals surface area contributed by atoms with Crippen molar-refractivity contribution < 1.29 is 9.18 Å². The monoisotopic (exact) mass is 526 g/mol. The molecule has 1 fully saturated rings. The zero-order valence-electron chi connectivity index (χ0n) is 23.2. The van der Waals surface area contributed by atoms with Crippen molar-refractivity contribution in [3.05, 3.63) is 94.6 Å². The van der Waals surface area contributed by atoms with Crippen molar-refractivity contribution in [2.45, 2.75) is 64.8 Å². The van der Waals surface area contributed by atoms with Gasteiger partial charge >= 0.3 is 6.03 Å². The molecule has 0 radical (unpaired) electrons. The lowest BCUT2D eigenvalue weighted by molar-refractivity contribution is 0.142. The summed E-state index contributed by atoms with van der Waals surface area (Å²) in [6.07, 6.45) is 7.16. The number of fused-ring (bicyclic) bond motifs is 1. The summed E-state index contributed by atoms with van der Waals surface area (Å²) >= 11 is 0. The number of benzene rings is 2. The molecule has 0 bridgehead atoms. The zero-order chi connectivity index (χ0) is 27.1. The Bertz CT molecular complexity index is 1350. The third kappa shape index (κ3) is 5.13. The van der Waals surface area contributed by atoms with Gasteiger partial charge in [-0.05, 0) is 73.3 Å². The molecule has 5 atom stereocenters. The summed E-state index contributed by atoms with van der Waals surface area (Å²) in [7, 11) is 0. The molecule has 0 spiro atoms. The molecule has 5 nitrogen and oxygen atoms in total. The average Bonchev–Trinajstić information content (AvgIpc) is 3.53. The van der Waals surface area contributed by atoms with Gasteiger partial charge in [-0.25, -0.2) is 13.9 Å². The minimum atomic E-state index is -0.235. The number of allylic oxidation sites excluding steroid dienone is 2. The number of hydrogen-bond donors (Lipinski definition) is 1. The first-order chi connectivity index (χ1) is 18.9. The molecule has 3 aliphatic rings. The molecule has 1 aliphatic heterocycles. The molecule has 2 aliphatic carbocycles. The average molecular weight is 527 g/mol. The molecule has 3 aromatic rings. The van der Waals surface area contributed by atoms with Crippen LogP contribution in [-0.2, 0) is 6.42 Å². The van der Waals surface area contributed by atoms with Gasteiger partial charge in [0.2, 0.25) is 0 Å². The first-order valence-corrected chi connectivity index (χ1v) is 14.5. The first kappa shape index (κ1) is 25.8. The molecule has 6 rings (SSSR count). The molecule has 2 aromatic carbocycles. The van der Waals surface area contributed by atoms with Gasteiger partial charge in [-0.15, -0.1) is 0 Å². The zero-order valence-corrected chi connectivity index (χ0v) is 23.2. The molecule has 204 valence electrons. The van der Waals surface area contributed by atoms with Gasteiger partial charge in [0.1, 0.15) is 5.82 Å². The number of nitrogens with zero attached hydrogens (tertiary/aromatic N) is 3. The number of urea groups is 1. The summed E-state index contributed by atoms with van der Waals surface area (Å²) < 4.78 is 15.5. The molecule has 2 heterocycles. The van der Waals surface area contributed by atoms with E-state index >= 15 is 0 Å². The maximum absolute atomic E-state index is 13.5. The third-order valence-corrected chi connectivity index (χ3v) is 9.10. The fraction of sp³-hybridized carbons (Fsp3) is 0.455. The van der Waals surface area contributed by atoms with E-state index in [2.05, 4.69) is 50.4 Å². The van der Waals surface area contributed by atoms with Crippen LogP contribution in [0.2, 0.25) is 0 Å². The number of amides is 2. The first-order valence-electron chi connectivity index (χ1n) is 14.5. The van der Waals surface area contributed by atoms with Gasteiger partial charge < -0.3 is 10.2 Å². The van der Waals surface area contributed by atoms with Gasteiger partial charge in [-0.3, -0.25) is 0 Å². The number of hydrogen-bond acceptors (Lipinski definition) is 2. The third-order valence-electron chi connectivity index (χ3n) is 9.10. The number of piperidine rings is 1. The Kier molecular flexibility index (Phi) is 7.05. The van der Waals surface area contributed by atoms with Gasteiger partial charge in [0.15, 0.2) is 0 Å². The highest BCUT2D eigenvalue weighted by molar-refractivity contribution is 5.75. The molecular weight excluding hydrogens is 487 g/mol. The summed E-state index contributed by atoms with van der Waals surface area (Å²) in [4.78, 5) is 15.5. The second-order valence-corrected chi connectivity index (χ2v) is 12.1. The highest BCUT2D eigenvalue weighted by Gasteiger charge is 2.38. The Labute approximate surface area is 231 Å². The van der Waals surface area contributed by atoms with Crippen LogP contribution in [0.15, 0.2) is 71.9 Å². The van der Waals surface area contributed by atoms with E-state index < -0.39 is 0 Å². The predicted molar refractivity (Wildman–Crippen MR) is 152 cm³/mol. The number of aromatic nitrogens is 2. The Hall–Kier alpha value is -3.41. The van der Waals surface area contributed by atoms with Crippen molar-refractivity contribution in [1.82, 2.24) is 20.0 Å². The lowest BCUT2D eigenvalue weighted by atomic mass is 9.78. The Balaban J connectivity index is 1.23. The van der Waals surface area contributed by atoms with E-state index in [4.69, 9.17) is 5.10 Å². The number of nitrogens with one attached hydrogen (secondary N) is 1. The summed E-state index contributed by atoms with van der Waals surface area (Å²) in [5, 5.41) is 8.17. The summed E-state index contributed by atoms with van der Waals surface area (Å²) in [6, 6.07) is 17.1. The molecule has 1 N–H and O–H groups in total. The SMILES string of the molecule is CC1CC(C)CN(C(=O)NC(C[C@H]2CCC3=C2[C@@H](C)c2cnn(-c4ccc(F)cc4)c2C3)c2ccccc2)C1. The predicted octanol–water partition coefficient (Wildman–Crippen LogP) is 7.20. The van der Waals surface area contributed by atoms with E-state index in [1.54, 1.807) is 12.1 Å². The fourth-order valence-electron chi connectivity index (χ4n) is 7.45. The molecule has 2 amide bonds. The minimum absolute atomic E-state index is 0.0291. The van der Waals surface area contributed by atoms with Gasteiger partial charge in [0.05, 0.1) is 23.6 Å². The summed E-state index contributed by atoms with van der Waals surface area (Å²) in [6.45, 7) is 8.44. The number of carbonyl (C=O) groups is 1. The van der Waals surface area contributed by atoms with Crippen molar-refractivity contribution in [1.29, 1.82) is 0 Å². The van der Waals surface area contributed by atoms with Gasteiger partial charge in [0.25, 0.3) is 0 Å². The number of likely N-dealkylation sites (tertiary alicyclic amines) is 1. The van der Waals surface area contributed by atoms with Gasteiger partial charge in [-0.1, -0.05) is 62.2 Å². The van der Waals surface area contributed by atoms with Crippen molar-refractivity contribution >= 4 is 6.03 Å². The van der Waals surface area contributed by atoms with Gasteiger partial charge in [-0.2, -0.15) is 5.10 Å². The van der Waals surface area contributed by atoms with E-state index in [1.807, 2.05) is 21.8 Å². The number of halogens is 1. The van der Waals surface area contributed by atoms with Crippen LogP contribution in [0.25, 0.3) is 5.69 Å². The Morgan fingerprint density at radius 3 is 2.49 bits per heavy atom. The molecular formula is C33H39FN4O. The van der Waals surface area contributed by atoms with Crippen LogP contribution in [0, 0.1) is 23.6 Å². The number of rotatable bonds is 5. The standard InChI is InChI=1S/C33H39FN4O/c1-21-15-22(2)20-37(19-21)33(39)36-30(24-7-5-4-6-8-24)16-25-9-10-26-17-31-29(23(3)32(25)26)18-35-38(31)28-13-11-27(34)12-14-28/h4-8,11-14,18,21-23,25,30H,9-10,15-17,19-20H2,1-3H3,(H,36,39)/t21?,22?,23-,25+,30?/m0/s1. The molecule has 39 heavy (non-hydrogen) atoms. The largest absolute Gasteiger partial charge is 0.331 e. The highest BCUT2D eigenvalue weighted by Crippen LogP contribution is 2.49. The Morgan fingerprint density at radius 1 is 1.05 bits per heavy atom. The van der Waals surface area contributed by atoms with Crippen LogP contribution in [0.5, 0.6) is 0 Å². The van der Waals surface area contributed by atoms with Crippen molar-refractivity contribution in [3.8, 4) is 5.69 Å². The molecule has 0 saturated carbocycles.